The summed E-state index contributed by atoms with van der Waals surface area (Å²) in [5.74, 6) is -1.40. The quantitative estimate of drug-likeness (QED) is 0.719. The number of esters is 2. The van der Waals surface area contributed by atoms with Gasteiger partial charge in [-0.1, -0.05) is 17.7 Å². The molecule has 1 aromatic carbocycles. The number of hydrogen-bond acceptors (Lipinski definition) is 5. The van der Waals surface area contributed by atoms with E-state index in [4.69, 9.17) is 9.47 Å². The monoisotopic (exact) mass is 400 g/mol. The molecule has 0 saturated heterocycles. The summed E-state index contributed by atoms with van der Waals surface area (Å²) in [6.45, 7) is 10.8. The second kappa shape index (κ2) is 9.41. The van der Waals surface area contributed by atoms with Crippen molar-refractivity contribution in [2.24, 2.45) is 0 Å². The molecule has 0 aliphatic rings. The van der Waals surface area contributed by atoms with Crippen LogP contribution in [0.15, 0.2) is 24.3 Å². The first-order chi connectivity index (χ1) is 13.6. The van der Waals surface area contributed by atoms with Gasteiger partial charge < -0.3 is 19.4 Å². The summed E-state index contributed by atoms with van der Waals surface area (Å²) in [5.41, 5.74) is 4.47. The fraction of sp³-hybridized carbons (Fsp3) is 0.409. The van der Waals surface area contributed by atoms with Gasteiger partial charge in [-0.2, -0.15) is 0 Å². The Labute approximate surface area is 171 Å². The number of anilines is 1. The molecule has 0 spiro atoms. The van der Waals surface area contributed by atoms with Crippen molar-refractivity contribution in [3.05, 3.63) is 52.3 Å². The van der Waals surface area contributed by atoms with Crippen molar-refractivity contribution >= 4 is 23.5 Å². The van der Waals surface area contributed by atoms with Gasteiger partial charge >= 0.3 is 11.9 Å². The molecule has 1 aromatic heterocycles. The maximum absolute atomic E-state index is 12.4. The van der Waals surface area contributed by atoms with Crippen LogP contribution in [0.5, 0.6) is 0 Å². The van der Waals surface area contributed by atoms with Crippen molar-refractivity contribution in [1.29, 1.82) is 0 Å². The topological polar surface area (TPSA) is 86.6 Å². The maximum Gasteiger partial charge on any atom is 0.339 e. The van der Waals surface area contributed by atoms with Crippen LogP contribution in [-0.2, 0) is 25.6 Å². The lowest BCUT2D eigenvalue weighted by Crippen LogP contribution is -2.31. The second-order valence-corrected chi connectivity index (χ2v) is 7.03. The van der Waals surface area contributed by atoms with E-state index in [0.717, 1.165) is 16.8 Å². The number of aromatic nitrogens is 1. The number of hydrogen-bond donors (Lipinski definition) is 1. The van der Waals surface area contributed by atoms with Crippen molar-refractivity contribution in [3.8, 4) is 0 Å². The van der Waals surface area contributed by atoms with Gasteiger partial charge in [0, 0.05) is 17.1 Å². The minimum atomic E-state index is -0.955. The molecule has 7 nitrogen and oxygen atoms in total. The highest BCUT2D eigenvalue weighted by Gasteiger charge is 2.22. The molecular weight excluding hydrogens is 372 g/mol. The Morgan fingerprint density at radius 3 is 2.41 bits per heavy atom. The molecule has 1 N–H and O–H groups in total. The predicted molar refractivity (Wildman–Crippen MR) is 110 cm³/mol. The zero-order chi connectivity index (χ0) is 21.7. The van der Waals surface area contributed by atoms with Crippen molar-refractivity contribution in [3.63, 3.8) is 0 Å². The lowest BCUT2D eigenvalue weighted by atomic mass is 10.1. The van der Waals surface area contributed by atoms with E-state index in [1.165, 1.54) is 6.92 Å². The minimum Gasteiger partial charge on any atom is -0.462 e. The molecule has 156 valence electrons. The van der Waals surface area contributed by atoms with Crippen LogP contribution < -0.4 is 5.32 Å². The van der Waals surface area contributed by atoms with Gasteiger partial charge in [0.2, 0.25) is 0 Å². The standard InChI is InChI=1S/C22H28N2O5/c1-7-28-22(27)18-11-15(4)24(16(18)5)12-20(25)29-17(6)21(26)23-19-9-8-13(2)10-14(19)3/h8-11,17H,7,12H2,1-6H3,(H,23,26)/t17-/m1/s1. The van der Waals surface area contributed by atoms with Crippen LogP contribution in [0, 0.1) is 27.7 Å². The number of aryl methyl sites for hydroxylation is 3. The molecule has 29 heavy (non-hydrogen) atoms. The SMILES string of the molecule is CCOC(=O)c1cc(C)n(CC(=O)O[C@H](C)C(=O)Nc2ccc(C)cc2C)c1C. The molecule has 2 aromatic rings. The Bertz CT molecular complexity index is 930. The molecule has 0 fully saturated rings. The lowest BCUT2D eigenvalue weighted by molar-refractivity contribution is -0.153. The van der Waals surface area contributed by atoms with E-state index in [1.807, 2.05) is 32.0 Å². The van der Waals surface area contributed by atoms with Crippen molar-refractivity contribution in [2.75, 3.05) is 11.9 Å². The number of ether oxygens (including phenoxy) is 2. The number of benzene rings is 1. The van der Waals surface area contributed by atoms with Gasteiger partial charge in [0.25, 0.3) is 5.91 Å². The van der Waals surface area contributed by atoms with Gasteiger partial charge in [-0.25, -0.2) is 4.79 Å². The van der Waals surface area contributed by atoms with Gasteiger partial charge in [-0.05, 0) is 59.2 Å². The zero-order valence-electron chi connectivity index (χ0n) is 17.8. The Morgan fingerprint density at radius 2 is 1.79 bits per heavy atom. The van der Waals surface area contributed by atoms with Gasteiger partial charge in [0.1, 0.15) is 6.54 Å². The van der Waals surface area contributed by atoms with E-state index in [-0.39, 0.29) is 13.2 Å². The van der Waals surface area contributed by atoms with Gasteiger partial charge in [0.05, 0.1) is 12.2 Å². The van der Waals surface area contributed by atoms with Crippen LogP contribution in [0.4, 0.5) is 5.69 Å². The lowest BCUT2D eigenvalue weighted by Gasteiger charge is -2.16. The first-order valence-corrected chi connectivity index (χ1v) is 9.55. The van der Waals surface area contributed by atoms with Crippen molar-refractivity contribution in [1.82, 2.24) is 4.57 Å². The summed E-state index contributed by atoms with van der Waals surface area (Å²) in [7, 11) is 0. The summed E-state index contributed by atoms with van der Waals surface area (Å²) < 4.78 is 12.0. The molecular formula is C22H28N2O5. The smallest absolute Gasteiger partial charge is 0.339 e. The zero-order valence-corrected chi connectivity index (χ0v) is 17.8. The number of nitrogens with zero attached hydrogens (tertiary/aromatic N) is 1. The van der Waals surface area contributed by atoms with Crippen LogP contribution in [-0.4, -0.2) is 35.1 Å². The molecule has 0 aliphatic heterocycles. The number of carbonyl (C=O) groups is 3. The molecule has 2 rings (SSSR count). The summed E-state index contributed by atoms with van der Waals surface area (Å²) in [5, 5.41) is 2.78. The molecule has 0 bridgehead atoms. The molecule has 0 aliphatic carbocycles. The first-order valence-electron chi connectivity index (χ1n) is 9.55. The summed E-state index contributed by atoms with van der Waals surface area (Å²) >= 11 is 0. The Morgan fingerprint density at radius 1 is 1.10 bits per heavy atom. The second-order valence-electron chi connectivity index (χ2n) is 7.03. The first kappa shape index (κ1) is 22.2. The fourth-order valence-electron chi connectivity index (χ4n) is 3.07. The third kappa shape index (κ3) is 5.47. The van der Waals surface area contributed by atoms with E-state index in [1.54, 1.807) is 31.4 Å². The minimum absolute atomic E-state index is 0.0990. The van der Waals surface area contributed by atoms with E-state index in [2.05, 4.69) is 5.32 Å². The number of nitrogens with one attached hydrogen (secondary N) is 1. The van der Waals surface area contributed by atoms with Crippen LogP contribution in [0.2, 0.25) is 0 Å². The maximum atomic E-state index is 12.4. The normalized spacial score (nSPS) is 11.7. The number of amides is 1. The molecule has 7 heteroatoms. The molecule has 1 amide bonds. The van der Waals surface area contributed by atoms with Crippen LogP contribution >= 0.6 is 0 Å². The van der Waals surface area contributed by atoms with E-state index in [0.29, 0.717) is 16.9 Å². The predicted octanol–water partition coefficient (Wildman–Crippen LogP) is 3.47. The molecule has 0 unspecified atom stereocenters. The van der Waals surface area contributed by atoms with Gasteiger partial charge in [0.15, 0.2) is 6.10 Å². The Balaban J connectivity index is 2.01. The third-order valence-corrected chi connectivity index (χ3v) is 4.67. The van der Waals surface area contributed by atoms with E-state index < -0.39 is 23.9 Å². The Hall–Kier alpha value is -3.09. The van der Waals surface area contributed by atoms with Crippen molar-refractivity contribution < 1.29 is 23.9 Å². The highest BCUT2D eigenvalue weighted by atomic mass is 16.5. The van der Waals surface area contributed by atoms with Gasteiger partial charge in [-0.3, -0.25) is 9.59 Å². The average molecular weight is 400 g/mol. The van der Waals surface area contributed by atoms with Crippen LogP contribution in [0.1, 0.15) is 46.7 Å². The van der Waals surface area contributed by atoms with E-state index >= 15 is 0 Å². The van der Waals surface area contributed by atoms with Crippen molar-refractivity contribution in [2.45, 2.75) is 54.2 Å². The fourth-order valence-corrected chi connectivity index (χ4v) is 3.07. The summed E-state index contributed by atoms with van der Waals surface area (Å²) in [6.07, 6.45) is -0.955. The van der Waals surface area contributed by atoms with Crippen LogP contribution in [0.25, 0.3) is 0 Å². The average Bonchev–Trinajstić information content (AvgIpc) is 2.92. The highest BCUT2D eigenvalue weighted by Crippen LogP contribution is 2.18. The van der Waals surface area contributed by atoms with Gasteiger partial charge in [-0.15, -0.1) is 0 Å². The Kier molecular flexibility index (Phi) is 7.20. The molecule has 1 atom stereocenters. The highest BCUT2D eigenvalue weighted by molar-refractivity contribution is 5.95. The molecule has 0 radical (unpaired) electrons. The molecule has 1 heterocycles. The van der Waals surface area contributed by atoms with Crippen LogP contribution in [0.3, 0.4) is 0 Å². The van der Waals surface area contributed by atoms with E-state index in [9.17, 15) is 14.4 Å². The number of carbonyl (C=O) groups excluding carboxylic acids is 3. The summed E-state index contributed by atoms with van der Waals surface area (Å²) in [6, 6.07) is 7.36. The summed E-state index contributed by atoms with van der Waals surface area (Å²) in [4.78, 5) is 36.7. The molecule has 0 saturated carbocycles. The largest absolute Gasteiger partial charge is 0.462 e. The number of rotatable bonds is 7. The third-order valence-electron chi connectivity index (χ3n) is 4.67.